The molecule has 0 saturated carbocycles. The Morgan fingerprint density at radius 3 is 2.55 bits per heavy atom. The Labute approximate surface area is 117 Å². The lowest BCUT2D eigenvalue weighted by Crippen LogP contribution is -2.26. The van der Waals surface area contributed by atoms with Crippen molar-refractivity contribution in [2.75, 3.05) is 0 Å². The van der Waals surface area contributed by atoms with E-state index in [0.29, 0.717) is 5.69 Å². The molecule has 106 valence electrons. The number of hydrogen-bond acceptors (Lipinski definition) is 2. The summed E-state index contributed by atoms with van der Waals surface area (Å²) >= 11 is 0. The van der Waals surface area contributed by atoms with E-state index in [4.69, 9.17) is 0 Å². The number of hydrogen-bond donors (Lipinski definition) is 1. The van der Waals surface area contributed by atoms with Crippen molar-refractivity contribution in [2.24, 2.45) is 0 Å². The average Bonchev–Trinajstić information content (AvgIpc) is 2.42. The molecule has 0 saturated heterocycles. The molecule has 0 aliphatic carbocycles. The Bertz CT molecular complexity index is 594. The number of aromatic nitrogens is 1. The van der Waals surface area contributed by atoms with Crippen LogP contribution in [0.5, 0.6) is 0 Å². The molecule has 20 heavy (non-hydrogen) atoms. The van der Waals surface area contributed by atoms with Crippen molar-refractivity contribution in [1.82, 2.24) is 4.98 Å². The zero-order valence-corrected chi connectivity index (χ0v) is 11.5. The molecular formula is C16H17F2NO. The van der Waals surface area contributed by atoms with Crippen LogP contribution in [0.1, 0.15) is 30.7 Å². The third-order valence-corrected chi connectivity index (χ3v) is 3.35. The largest absolute Gasteiger partial charge is 0.385 e. The smallest absolute Gasteiger partial charge is 0.164 e. The molecule has 0 bridgehead atoms. The summed E-state index contributed by atoms with van der Waals surface area (Å²) in [5.41, 5.74) is 0.160. The summed E-state index contributed by atoms with van der Waals surface area (Å²) < 4.78 is 27.0. The Balaban J connectivity index is 2.27. The van der Waals surface area contributed by atoms with Crippen molar-refractivity contribution in [1.29, 1.82) is 0 Å². The summed E-state index contributed by atoms with van der Waals surface area (Å²) in [6, 6.07) is 7.52. The molecule has 0 aliphatic rings. The van der Waals surface area contributed by atoms with Gasteiger partial charge in [-0.05, 0) is 31.0 Å². The summed E-state index contributed by atoms with van der Waals surface area (Å²) in [4.78, 5) is 4.24. The highest BCUT2D eigenvalue weighted by atomic mass is 19.2. The van der Waals surface area contributed by atoms with E-state index < -0.39 is 17.2 Å². The van der Waals surface area contributed by atoms with Crippen LogP contribution >= 0.6 is 0 Å². The van der Waals surface area contributed by atoms with Crippen molar-refractivity contribution in [3.8, 4) is 0 Å². The number of rotatable bonds is 4. The summed E-state index contributed by atoms with van der Waals surface area (Å²) in [5.74, 6) is -1.97. The fourth-order valence-corrected chi connectivity index (χ4v) is 2.14. The van der Waals surface area contributed by atoms with E-state index in [1.54, 1.807) is 12.3 Å². The molecule has 1 atom stereocenters. The number of halogens is 2. The minimum Gasteiger partial charge on any atom is -0.385 e. The second kappa shape index (κ2) is 5.67. The summed E-state index contributed by atoms with van der Waals surface area (Å²) in [6.07, 6.45) is 2.73. The minimum absolute atomic E-state index is 0.0566. The highest BCUT2D eigenvalue weighted by molar-refractivity contribution is 5.27. The van der Waals surface area contributed by atoms with Gasteiger partial charge in [0.15, 0.2) is 11.6 Å². The normalized spacial score (nSPS) is 14.1. The van der Waals surface area contributed by atoms with Gasteiger partial charge in [-0.3, -0.25) is 4.98 Å². The standard InChI is InChI=1S/C16H17F2NO/c1-3-11-7-8-12(19-10-11)9-16(2,20)13-5-4-6-14(17)15(13)18/h4-8,10,20H,3,9H2,1-2H3. The molecule has 1 heterocycles. The van der Waals surface area contributed by atoms with Gasteiger partial charge in [-0.15, -0.1) is 0 Å². The lowest BCUT2D eigenvalue weighted by atomic mass is 9.90. The summed E-state index contributed by atoms with van der Waals surface area (Å²) in [7, 11) is 0. The van der Waals surface area contributed by atoms with Crippen LogP contribution in [0.2, 0.25) is 0 Å². The van der Waals surface area contributed by atoms with E-state index in [9.17, 15) is 13.9 Å². The molecule has 4 heteroatoms. The number of benzene rings is 1. The predicted molar refractivity (Wildman–Crippen MR) is 73.2 cm³/mol. The zero-order chi connectivity index (χ0) is 14.8. The maximum Gasteiger partial charge on any atom is 0.164 e. The third kappa shape index (κ3) is 3.02. The average molecular weight is 277 g/mol. The molecule has 2 rings (SSSR count). The Hall–Kier alpha value is -1.81. The van der Waals surface area contributed by atoms with E-state index in [2.05, 4.69) is 4.98 Å². The molecular weight excluding hydrogens is 260 g/mol. The highest BCUT2D eigenvalue weighted by Gasteiger charge is 2.28. The molecule has 1 aromatic heterocycles. The van der Waals surface area contributed by atoms with Gasteiger partial charge < -0.3 is 5.11 Å². The molecule has 1 aromatic carbocycles. The van der Waals surface area contributed by atoms with Gasteiger partial charge in [0, 0.05) is 23.9 Å². The molecule has 2 nitrogen and oxygen atoms in total. The number of aliphatic hydroxyl groups is 1. The monoisotopic (exact) mass is 277 g/mol. The van der Waals surface area contributed by atoms with Crippen molar-refractivity contribution in [2.45, 2.75) is 32.3 Å². The van der Waals surface area contributed by atoms with Crippen molar-refractivity contribution < 1.29 is 13.9 Å². The summed E-state index contributed by atoms with van der Waals surface area (Å²) in [5, 5.41) is 10.4. The fourth-order valence-electron chi connectivity index (χ4n) is 2.14. The van der Waals surface area contributed by atoms with Crippen LogP contribution in [0.3, 0.4) is 0 Å². The first-order chi connectivity index (χ1) is 9.44. The minimum atomic E-state index is -1.51. The van der Waals surface area contributed by atoms with Gasteiger partial charge in [-0.1, -0.05) is 25.1 Å². The van der Waals surface area contributed by atoms with Gasteiger partial charge in [-0.2, -0.15) is 0 Å². The number of pyridine rings is 1. The lowest BCUT2D eigenvalue weighted by molar-refractivity contribution is 0.0520. The third-order valence-electron chi connectivity index (χ3n) is 3.35. The molecule has 0 amide bonds. The molecule has 1 unspecified atom stereocenters. The van der Waals surface area contributed by atoms with E-state index in [1.807, 2.05) is 13.0 Å². The van der Waals surface area contributed by atoms with E-state index in [1.165, 1.54) is 19.1 Å². The first-order valence-corrected chi connectivity index (χ1v) is 6.54. The number of aryl methyl sites for hydroxylation is 1. The van der Waals surface area contributed by atoms with Gasteiger partial charge in [0.25, 0.3) is 0 Å². The summed E-state index contributed by atoms with van der Waals surface area (Å²) in [6.45, 7) is 3.48. The maximum atomic E-state index is 13.8. The van der Waals surface area contributed by atoms with Crippen LogP contribution < -0.4 is 0 Å². The van der Waals surface area contributed by atoms with E-state index in [0.717, 1.165) is 18.1 Å². The van der Waals surface area contributed by atoms with Gasteiger partial charge >= 0.3 is 0 Å². The SMILES string of the molecule is CCc1ccc(CC(C)(O)c2cccc(F)c2F)nc1. The second-order valence-corrected chi connectivity index (χ2v) is 5.06. The van der Waals surface area contributed by atoms with Crippen LogP contribution in [0.15, 0.2) is 36.5 Å². The van der Waals surface area contributed by atoms with Crippen molar-refractivity contribution in [3.63, 3.8) is 0 Å². The topological polar surface area (TPSA) is 33.1 Å². The number of nitrogens with zero attached hydrogens (tertiary/aromatic N) is 1. The molecule has 0 aliphatic heterocycles. The molecule has 0 radical (unpaired) electrons. The molecule has 0 fully saturated rings. The fraction of sp³-hybridized carbons (Fsp3) is 0.312. The molecule has 1 N–H and O–H groups in total. The quantitative estimate of drug-likeness (QED) is 0.929. The Morgan fingerprint density at radius 2 is 1.95 bits per heavy atom. The lowest BCUT2D eigenvalue weighted by Gasteiger charge is -2.24. The molecule has 2 aromatic rings. The van der Waals surface area contributed by atoms with Gasteiger partial charge in [0.05, 0.1) is 5.60 Å². The Morgan fingerprint density at radius 1 is 1.20 bits per heavy atom. The van der Waals surface area contributed by atoms with Crippen molar-refractivity contribution in [3.05, 3.63) is 65.0 Å². The van der Waals surface area contributed by atoms with E-state index >= 15 is 0 Å². The van der Waals surface area contributed by atoms with Crippen LogP contribution in [0.4, 0.5) is 8.78 Å². The van der Waals surface area contributed by atoms with E-state index in [-0.39, 0.29) is 12.0 Å². The van der Waals surface area contributed by atoms with Crippen LogP contribution in [-0.4, -0.2) is 10.1 Å². The van der Waals surface area contributed by atoms with Crippen LogP contribution in [-0.2, 0) is 18.4 Å². The first kappa shape index (κ1) is 14.6. The molecule has 0 spiro atoms. The highest BCUT2D eigenvalue weighted by Crippen LogP contribution is 2.28. The second-order valence-electron chi connectivity index (χ2n) is 5.06. The van der Waals surface area contributed by atoms with Gasteiger partial charge in [-0.25, -0.2) is 8.78 Å². The van der Waals surface area contributed by atoms with Gasteiger partial charge in [0.2, 0.25) is 0 Å². The van der Waals surface area contributed by atoms with Crippen molar-refractivity contribution >= 4 is 0 Å². The van der Waals surface area contributed by atoms with Crippen LogP contribution in [0, 0.1) is 11.6 Å². The van der Waals surface area contributed by atoms with Gasteiger partial charge in [0.1, 0.15) is 0 Å². The predicted octanol–water partition coefficient (Wildman–Crippen LogP) is 3.37. The maximum absolute atomic E-state index is 13.8. The zero-order valence-electron chi connectivity index (χ0n) is 11.5. The first-order valence-electron chi connectivity index (χ1n) is 6.54. The Kier molecular flexibility index (Phi) is 4.14. The van der Waals surface area contributed by atoms with Crippen LogP contribution in [0.25, 0.3) is 0 Å².